The molecule has 0 fully saturated rings. The van der Waals surface area contributed by atoms with Crippen LogP contribution in [-0.4, -0.2) is 24.1 Å². The summed E-state index contributed by atoms with van der Waals surface area (Å²) in [5, 5.41) is 11.8. The van der Waals surface area contributed by atoms with Crippen LogP contribution >= 0.6 is 0 Å². The molecule has 6 nitrogen and oxygen atoms in total. The first-order chi connectivity index (χ1) is 10.4. The Morgan fingerprint density at radius 2 is 1.95 bits per heavy atom. The summed E-state index contributed by atoms with van der Waals surface area (Å²) in [5.74, 6) is -0.789. The van der Waals surface area contributed by atoms with Gasteiger partial charge >= 0.3 is 5.97 Å². The molecule has 0 radical (unpaired) electrons. The zero-order valence-corrected chi connectivity index (χ0v) is 12.6. The molecule has 22 heavy (non-hydrogen) atoms. The summed E-state index contributed by atoms with van der Waals surface area (Å²) in [4.78, 5) is 23.3. The van der Waals surface area contributed by atoms with Crippen molar-refractivity contribution < 1.29 is 23.8 Å². The van der Waals surface area contributed by atoms with Gasteiger partial charge in [-0.2, -0.15) is 0 Å². The molecule has 2 aromatic rings. The van der Waals surface area contributed by atoms with Gasteiger partial charge in [0.15, 0.2) is 5.76 Å². The summed E-state index contributed by atoms with van der Waals surface area (Å²) < 4.78 is 10.3. The number of benzene rings is 1. The molecule has 1 amide bonds. The van der Waals surface area contributed by atoms with Gasteiger partial charge in [0.05, 0.1) is 5.56 Å². The molecule has 0 unspecified atom stereocenters. The molecule has 0 atom stereocenters. The number of carboxylic acids is 1. The number of furan rings is 1. The summed E-state index contributed by atoms with van der Waals surface area (Å²) in [5.41, 5.74) is 2.01. The minimum Gasteiger partial charge on any atom is -0.478 e. The molecule has 0 aliphatic heterocycles. The minimum atomic E-state index is -1.03. The third kappa shape index (κ3) is 3.35. The van der Waals surface area contributed by atoms with E-state index in [0.29, 0.717) is 17.0 Å². The van der Waals surface area contributed by atoms with Crippen molar-refractivity contribution in [3.63, 3.8) is 0 Å². The number of carbonyl (C=O) groups is 2. The van der Waals surface area contributed by atoms with Gasteiger partial charge in [0, 0.05) is 12.8 Å². The van der Waals surface area contributed by atoms with Crippen molar-refractivity contribution in [2.24, 2.45) is 0 Å². The zero-order valence-electron chi connectivity index (χ0n) is 12.6. The Morgan fingerprint density at radius 1 is 1.23 bits per heavy atom. The fourth-order valence-electron chi connectivity index (χ4n) is 2.12. The van der Waals surface area contributed by atoms with Crippen LogP contribution in [0.15, 0.2) is 28.7 Å². The summed E-state index contributed by atoms with van der Waals surface area (Å²) in [6.45, 7) is 3.79. The number of aryl methyl sites for hydroxylation is 2. The van der Waals surface area contributed by atoms with Crippen molar-refractivity contribution in [1.29, 1.82) is 0 Å². The zero-order chi connectivity index (χ0) is 16.3. The van der Waals surface area contributed by atoms with E-state index in [-0.39, 0.29) is 17.9 Å². The molecular formula is C16H17NO5. The van der Waals surface area contributed by atoms with Gasteiger partial charge in [-0.05, 0) is 43.2 Å². The van der Waals surface area contributed by atoms with E-state index in [9.17, 15) is 9.59 Å². The highest BCUT2D eigenvalue weighted by molar-refractivity contribution is 6.03. The predicted octanol–water partition coefficient (Wildman–Crippen LogP) is 2.99. The molecule has 1 aromatic carbocycles. The van der Waals surface area contributed by atoms with E-state index in [0.717, 1.165) is 5.56 Å². The fourth-order valence-corrected chi connectivity index (χ4v) is 2.12. The highest BCUT2D eigenvalue weighted by Crippen LogP contribution is 2.22. The first-order valence-corrected chi connectivity index (χ1v) is 6.66. The number of rotatable bonds is 5. The molecular weight excluding hydrogens is 286 g/mol. The Balaban J connectivity index is 2.23. The molecule has 116 valence electrons. The van der Waals surface area contributed by atoms with E-state index >= 15 is 0 Å². The lowest BCUT2D eigenvalue weighted by Gasteiger charge is -2.10. The van der Waals surface area contributed by atoms with Crippen LogP contribution in [0.5, 0.6) is 0 Å². The van der Waals surface area contributed by atoms with Crippen LogP contribution in [0.3, 0.4) is 0 Å². The lowest BCUT2D eigenvalue weighted by Crippen LogP contribution is -2.13. The van der Waals surface area contributed by atoms with Gasteiger partial charge in [0.1, 0.15) is 12.4 Å². The maximum absolute atomic E-state index is 12.2. The number of amides is 1. The van der Waals surface area contributed by atoms with E-state index in [1.54, 1.807) is 32.0 Å². The van der Waals surface area contributed by atoms with Gasteiger partial charge in [-0.15, -0.1) is 0 Å². The normalized spacial score (nSPS) is 10.5. The quantitative estimate of drug-likeness (QED) is 0.886. The number of aromatic carboxylic acids is 1. The highest BCUT2D eigenvalue weighted by atomic mass is 16.5. The molecule has 0 aliphatic carbocycles. The van der Waals surface area contributed by atoms with Crippen molar-refractivity contribution in [3.05, 3.63) is 52.5 Å². The molecule has 0 spiro atoms. The van der Waals surface area contributed by atoms with Gasteiger partial charge in [-0.1, -0.05) is 6.07 Å². The maximum atomic E-state index is 12.2. The van der Waals surface area contributed by atoms with Gasteiger partial charge in [0.2, 0.25) is 0 Å². The number of ether oxygens (including phenoxy) is 1. The van der Waals surface area contributed by atoms with Gasteiger partial charge in [0.25, 0.3) is 5.91 Å². The predicted molar refractivity (Wildman–Crippen MR) is 80.2 cm³/mol. The molecule has 0 bridgehead atoms. The standard InChI is InChI=1S/C16H17NO5/c1-9-6-10(2)13(7-12(9)16(19)20)17-15(18)14-5-4-11(22-14)8-21-3/h4-7H,8H2,1-3H3,(H,17,18)(H,19,20). The average molecular weight is 303 g/mol. The SMILES string of the molecule is COCc1ccc(C(=O)Nc2cc(C(=O)O)c(C)cc2C)o1. The van der Waals surface area contributed by atoms with Crippen LogP contribution in [0.25, 0.3) is 0 Å². The second-order valence-corrected chi connectivity index (χ2v) is 4.94. The number of carboxylic acid groups (broad SMARTS) is 1. The Kier molecular flexibility index (Phi) is 4.62. The first-order valence-electron chi connectivity index (χ1n) is 6.66. The van der Waals surface area contributed by atoms with Crippen molar-refractivity contribution in [2.75, 3.05) is 12.4 Å². The van der Waals surface area contributed by atoms with Crippen LogP contribution in [0, 0.1) is 13.8 Å². The second kappa shape index (κ2) is 6.44. The number of hydrogen-bond acceptors (Lipinski definition) is 4. The smallest absolute Gasteiger partial charge is 0.336 e. The van der Waals surface area contributed by atoms with E-state index in [4.69, 9.17) is 14.3 Å². The Labute approximate surface area is 127 Å². The van der Waals surface area contributed by atoms with E-state index in [1.165, 1.54) is 13.2 Å². The largest absolute Gasteiger partial charge is 0.478 e. The monoisotopic (exact) mass is 303 g/mol. The number of nitrogens with one attached hydrogen (secondary N) is 1. The van der Waals surface area contributed by atoms with Gasteiger partial charge in [-0.25, -0.2) is 4.79 Å². The number of carbonyl (C=O) groups excluding carboxylic acids is 1. The molecule has 6 heteroatoms. The Bertz CT molecular complexity index is 717. The lowest BCUT2D eigenvalue weighted by atomic mass is 10.0. The summed E-state index contributed by atoms with van der Waals surface area (Å²) in [6.07, 6.45) is 0. The van der Waals surface area contributed by atoms with Crippen molar-refractivity contribution in [3.8, 4) is 0 Å². The highest BCUT2D eigenvalue weighted by Gasteiger charge is 2.15. The second-order valence-electron chi connectivity index (χ2n) is 4.94. The van der Waals surface area contributed by atoms with Crippen molar-refractivity contribution in [2.45, 2.75) is 20.5 Å². The summed E-state index contributed by atoms with van der Waals surface area (Å²) >= 11 is 0. The topological polar surface area (TPSA) is 88.8 Å². The molecule has 0 saturated carbocycles. The minimum absolute atomic E-state index is 0.143. The van der Waals surface area contributed by atoms with E-state index in [2.05, 4.69) is 5.32 Å². The van der Waals surface area contributed by atoms with Crippen LogP contribution < -0.4 is 5.32 Å². The van der Waals surface area contributed by atoms with Crippen molar-refractivity contribution in [1.82, 2.24) is 0 Å². The summed E-state index contributed by atoms with van der Waals surface area (Å²) in [7, 11) is 1.53. The molecule has 1 heterocycles. The van der Waals surface area contributed by atoms with Gasteiger partial charge in [-0.3, -0.25) is 4.79 Å². The van der Waals surface area contributed by atoms with Crippen LogP contribution in [-0.2, 0) is 11.3 Å². The average Bonchev–Trinajstić information content (AvgIpc) is 2.90. The third-order valence-electron chi connectivity index (χ3n) is 3.22. The Hall–Kier alpha value is -2.60. The number of hydrogen-bond donors (Lipinski definition) is 2. The van der Waals surface area contributed by atoms with Crippen LogP contribution in [0.2, 0.25) is 0 Å². The van der Waals surface area contributed by atoms with Gasteiger partial charge < -0.3 is 19.6 Å². The van der Waals surface area contributed by atoms with E-state index < -0.39 is 11.9 Å². The number of anilines is 1. The third-order valence-corrected chi connectivity index (χ3v) is 3.22. The Morgan fingerprint density at radius 3 is 2.59 bits per heavy atom. The summed E-state index contributed by atoms with van der Waals surface area (Å²) in [6, 6.07) is 6.37. The van der Waals surface area contributed by atoms with Crippen LogP contribution in [0.1, 0.15) is 37.8 Å². The molecule has 2 rings (SSSR count). The molecule has 2 N–H and O–H groups in total. The first kappa shape index (κ1) is 15.8. The van der Waals surface area contributed by atoms with Crippen molar-refractivity contribution >= 4 is 17.6 Å². The fraction of sp³-hybridized carbons (Fsp3) is 0.250. The molecule has 0 saturated heterocycles. The number of methoxy groups -OCH3 is 1. The molecule has 0 aliphatic rings. The van der Waals surface area contributed by atoms with E-state index in [1.807, 2.05) is 0 Å². The lowest BCUT2D eigenvalue weighted by molar-refractivity contribution is 0.0695. The maximum Gasteiger partial charge on any atom is 0.336 e. The molecule has 1 aromatic heterocycles. The van der Waals surface area contributed by atoms with Crippen LogP contribution in [0.4, 0.5) is 5.69 Å².